The molecule has 1 aliphatic heterocycles. The molecule has 1 rings (SSSR count). The minimum absolute atomic E-state index is 0.267. The molecule has 0 radical (unpaired) electrons. The Balaban J connectivity index is 2.28. The van der Waals surface area contributed by atoms with Crippen LogP contribution in [0.1, 0.15) is 12.8 Å². The average molecular weight is 174 g/mol. The van der Waals surface area contributed by atoms with E-state index < -0.39 is 0 Å². The lowest BCUT2D eigenvalue weighted by atomic mass is 10.4. The molecule has 64 valence electrons. The molecule has 0 unspecified atom stereocenters. The quantitative estimate of drug-likeness (QED) is 0.558. The third-order valence-corrected chi connectivity index (χ3v) is 2.70. The average Bonchev–Trinajstić information content (AvgIpc) is 2.35. The number of hydrogen-bond acceptors (Lipinski definition) is 1. The molecule has 0 atom stereocenters. The van der Waals surface area contributed by atoms with Gasteiger partial charge in [0.2, 0.25) is 0 Å². The van der Waals surface area contributed by atoms with Crippen LogP contribution in [0.5, 0.6) is 0 Å². The van der Waals surface area contributed by atoms with Gasteiger partial charge in [-0.2, -0.15) is 0 Å². The Hall–Kier alpha value is -0.180. The highest BCUT2D eigenvalue weighted by Crippen LogP contribution is 2.07. The van der Waals surface area contributed by atoms with Gasteiger partial charge in [-0.15, -0.1) is 0 Å². The number of likely N-dealkylation sites (tertiary alicyclic amines) is 1. The van der Waals surface area contributed by atoms with Crippen molar-refractivity contribution in [1.82, 2.24) is 4.90 Å². The fraction of sp³-hybridized carbons (Fsp3) is 0.875. The largest absolute Gasteiger partial charge is 0.339 e. The van der Waals surface area contributed by atoms with Gasteiger partial charge in [-0.3, -0.25) is 4.79 Å². The summed E-state index contributed by atoms with van der Waals surface area (Å²) >= 11 is 0. The van der Waals surface area contributed by atoms with E-state index in [1.165, 1.54) is 12.8 Å². The van der Waals surface area contributed by atoms with Gasteiger partial charge in [0.25, 0.3) is 5.91 Å². The maximum Gasteiger partial charge on any atom is 0.272 e. The van der Waals surface area contributed by atoms with E-state index in [0.29, 0.717) is 5.91 Å². The van der Waals surface area contributed by atoms with Gasteiger partial charge in [-0.25, -0.2) is 0 Å². The molecule has 11 heavy (non-hydrogen) atoms. The van der Waals surface area contributed by atoms with Crippen LogP contribution in [-0.2, 0) is 15.7 Å². The smallest absolute Gasteiger partial charge is 0.272 e. The van der Waals surface area contributed by atoms with Gasteiger partial charge in [0.15, 0.2) is 5.75 Å². The molecule has 0 aromatic carbocycles. The summed E-state index contributed by atoms with van der Waals surface area (Å²) in [7, 11) is 0.267. The molecule has 0 aromatic heterocycles. The molecular formula is C8H16NOS+. The Bertz CT molecular complexity index is 141. The number of carbonyl (C=O) groups is 1. The molecule has 0 N–H and O–H groups in total. The normalized spacial score (nSPS) is 17.9. The fourth-order valence-corrected chi connectivity index (χ4v) is 1.98. The number of rotatable bonds is 2. The number of hydrogen-bond donors (Lipinski definition) is 0. The first-order valence-electron chi connectivity index (χ1n) is 4.02. The summed E-state index contributed by atoms with van der Waals surface area (Å²) in [6.07, 6.45) is 6.64. The molecule has 1 fully saturated rings. The van der Waals surface area contributed by atoms with E-state index in [4.69, 9.17) is 0 Å². The van der Waals surface area contributed by atoms with Gasteiger partial charge in [0, 0.05) is 13.1 Å². The molecule has 1 heterocycles. The van der Waals surface area contributed by atoms with E-state index >= 15 is 0 Å². The van der Waals surface area contributed by atoms with Gasteiger partial charge in [-0.05, 0) is 23.7 Å². The first-order chi connectivity index (χ1) is 5.20. The van der Waals surface area contributed by atoms with Crippen molar-refractivity contribution >= 4 is 16.8 Å². The predicted molar refractivity (Wildman–Crippen MR) is 49.9 cm³/mol. The second-order valence-corrected chi connectivity index (χ2v) is 5.48. The minimum atomic E-state index is 0.267. The van der Waals surface area contributed by atoms with E-state index in [1.807, 2.05) is 4.90 Å². The summed E-state index contributed by atoms with van der Waals surface area (Å²) in [4.78, 5) is 13.4. The van der Waals surface area contributed by atoms with E-state index in [9.17, 15) is 4.79 Å². The number of carbonyl (C=O) groups excluding carboxylic acids is 1. The van der Waals surface area contributed by atoms with Crippen molar-refractivity contribution in [2.45, 2.75) is 12.8 Å². The summed E-state index contributed by atoms with van der Waals surface area (Å²) in [5, 5.41) is 0. The van der Waals surface area contributed by atoms with Crippen LogP contribution in [-0.4, -0.2) is 42.2 Å². The van der Waals surface area contributed by atoms with Crippen LogP contribution >= 0.6 is 0 Å². The lowest BCUT2D eigenvalue weighted by Gasteiger charge is -2.12. The molecule has 1 aliphatic rings. The van der Waals surface area contributed by atoms with Crippen molar-refractivity contribution in [3.05, 3.63) is 0 Å². The summed E-state index contributed by atoms with van der Waals surface area (Å²) in [6, 6.07) is 0. The second kappa shape index (κ2) is 4.00. The van der Waals surface area contributed by atoms with Crippen molar-refractivity contribution < 1.29 is 4.79 Å². The maximum absolute atomic E-state index is 11.4. The van der Waals surface area contributed by atoms with Gasteiger partial charge < -0.3 is 4.90 Å². The summed E-state index contributed by atoms with van der Waals surface area (Å²) in [6.45, 7) is 1.99. The highest BCUT2D eigenvalue weighted by Gasteiger charge is 2.21. The third kappa shape index (κ3) is 2.73. The lowest BCUT2D eigenvalue weighted by molar-refractivity contribution is -0.127. The van der Waals surface area contributed by atoms with Crippen molar-refractivity contribution in [3.8, 4) is 0 Å². The van der Waals surface area contributed by atoms with Crippen LogP contribution in [0.4, 0.5) is 0 Å². The van der Waals surface area contributed by atoms with Crippen LogP contribution in [0.15, 0.2) is 0 Å². The monoisotopic (exact) mass is 174 g/mol. The first-order valence-corrected chi connectivity index (χ1v) is 6.23. The highest BCUT2D eigenvalue weighted by atomic mass is 32.2. The zero-order valence-corrected chi connectivity index (χ0v) is 8.12. The summed E-state index contributed by atoms with van der Waals surface area (Å²) in [5.41, 5.74) is 0. The zero-order chi connectivity index (χ0) is 8.27. The standard InChI is InChI=1S/C8H16NOS/c1-11(2)7-8(10)9-5-3-4-6-9/h3-7H2,1-2H3/q+1. The third-order valence-electron chi connectivity index (χ3n) is 1.87. The first kappa shape index (κ1) is 8.91. The van der Waals surface area contributed by atoms with Crippen LogP contribution in [0.2, 0.25) is 0 Å². The van der Waals surface area contributed by atoms with Crippen LogP contribution in [0.25, 0.3) is 0 Å². The Kier molecular flexibility index (Phi) is 3.24. The Morgan fingerprint density at radius 3 is 2.36 bits per heavy atom. The Labute approximate surface area is 71.3 Å². The molecule has 0 spiro atoms. The predicted octanol–water partition coefficient (Wildman–Crippen LogP) is 0.487. The molecule has 1 saturated heterocycles. The van der Waals surface area contributed by atoms with Gasteiger partial charge >= 0.3 is 0 Å². The van der Waals surface area contributed by atoms with Crippen molar-refractivity contribution in [3.63, 3.8) is 0 Å². The summed E-state index contributed by atoms with van der Waals surface area (Å²) < 4.78 is 0. The zero-order valence-electron chi connectivity index (χ0n) is 7.30. The van der Waals surface area contributed by atoms with Crippen molar-refractivity contribution in [2.24, 2.45) is 0 Å². The minimum Gasteiger partial charge on any atom is -0.339 e. The highest BCUT2D eigenvalue weighted by molar-refractivity contribution is 7.96. The van der Waals surface area contributed by atoms with E-state index in [0.717, 1.165) is 18.8 Å². The topological polar surface area (TPSA) is 20.3 Å². The summed E-state index contributed by atoms with van der Waals surface area (Å²) in [5.74, 6) is 1.11. The molecule has 0 aliphatic carbocycles. The van der Waals surface area contributed by atoms with E-state index in [2.05, 4.69) is 12.5 Å². The van der Waals surface area contributed by atoms with Gasteiger partial charge in [0.1, 0.15) is 0 Å². The van der Waals surface area contributed by atoms with Crippen LogP contribution < -0.4 is 0 Å². The SMILES string of the molecule is C[S+](C)CC(=O)N1CCCC1. The molecular weight excluding hydrogens is 158 g/mol. The second-order valence-electron chi connectivity index (χ2n) is 3.22. The number of nitrogens with zero attached hydrogens (tertiary/aromatic N) is 1. The maximum atomic E-state index is 11.4. The fourth-order valence-electron chi connectivity index (χ4n) is 1.30. The van der Waals surface area contributed by atoms with E-state index in [1.54, 1.807) is 0 Å². The Morgan fingerprint density at radius 1 is 1.36 bits per heavy atom. The van der Waals surface area contributed by atoms with Crippen molar-refractivity contribution in [2.75, 3.05) is 31.4 Å². The molecule has 1 amide bonds. The molecule has 2 nitrogen and oxygen atoms in total. The van der Waals surface area contributed by atoms with Crippen LogP contribution in [0.3, 0.4) is 0 Å². The van der Waals surface area contributed by atoms with Gasteiger partial charge in [0.05, 0.1) is 12.5 Å². The molecule has 0 bridgehead atoms. The molecule has 0 aromatic rings. The lowest BCUT2D eigenvalue weighted by Crippen LogP contribution is -2.32. The van der Waals surface area contributed by atoms with Crippen LogP contribution in [0, 0.1) is 0 Å². The number of amides is 1. The Morgan fingerprint density at radius 2 is 1.91 bits per heavy atom. The van der Waals surface area contributed by atoms with Gasteiger partial charge in [-0.1, -0.05) is 0 Å². The molecule has 3 heteroatoms. The van der Waals surface area contributed by atoms with Crippen molar-refractivity contribution in [1.29, 1.82) is 0 Å². The van der Waals surface area contributed by atoms with E-state index in [-0.39, 0.29) is 10.9 Å². The molecule has 0 saturated carbocycles.